The van der Waals surface area contributed by atoms with Gasteiger partial charge in [-0.2, -0.15) is 0 Å². The monoisotopic (exact) mass is 272 g/mol. The molecule has 1 amide bonds. The molecule has 0 saturated carbocycles. The van der Waals surface area contributed by atoms with Crippen molar-refractivity contribution in [1.29, 1.82) is 0 Å². The summed E-state index contributed by atoms with van der Waals surface area (Å²) in [4.78, 5) is 11.5. The number of aromatic nitrogens is 2. The summed E-state index contributed by atoms with van der Waals surface area (Å²) in [6.45, 7) is 8.20. The zero-order valence-corrected chi connectivity index (χ0v) is 12.0. The average Bonchev–Trinajstić information content (AvgIpc) is 2.63. The minimum atomic E-state index is -0.712. The summed E-state index contributed by atoms with van der Waals surface area (Å²) >= 11 is 1.45. The van der Waals surface area contributed by atoms with E-state index in [4.69, 9.17) is 10.2 Å². The average molecular weight is 272 g/mol. The van der Waals surface area contributed by atoms with Crippen LogP contribution in [0.2, 0.25) is 0 Å². The first kappa shape index (κ1) is 15.0. The topological polar surface area (TPSA) is 94.0 Å². The summed E-state index contributed by atoms with van der Waals surface area (Å²) in [6, 6.07) is 0. The van der Waals surface area contributed by atoms with Gasteiger partial charge in [-0.15, -0.1) is 10.2 Å². The number of aryl methyl sites for hydroxylation is 1. The Morgan fingerprint density at radius 1 is 1.61 bits per heavy atom. The second-order valence-corrected chi connectivity index (χ2v) is 5.84. The molecule has 2 atom stereocenters. The number of rotatable bonds is 7. The summed E-state index contributed by atoms with van der Waals surface area (Å²) in [7, 11) is 0. The molecule has 0 aromatic carbocycles. The zero-order chi connectivity index (χ0) is 13.8. The van der Waals surface area contributed by atoms with Gasteiger partial charge in [-0.1, -0.05) is 25.6 Å². The Morgan fingerprint density at radius 2 is 2.28 bits per heavy atom. The molecule has 102 valence electrons. The quantitative estimate of drug-likeness (QED) is 0.722. The highest BCUT2D eigenvalue weighted by Gasteiger charge is 2.32. The second kappa shape index (κ2) is 6.19. The Morgan fingerprint density at radius 3 is 2.72 bits per heavy atom. The SMILES string of the molecule is CCNC(C)(CC(C)Sc1nnc(C)o1)C(N)=O. The van der Waals surface area contributed by atoms with E-state index in [2.05, 4.69) is 15.5 Å². The van der Waals surface area contributed by atoms with E-state index < -0.39 is 5.54 Å². The molecule has 0 aliphatic carbocycles. The van der Waals surface area contributed by atoms with Crippen LogP contribution in [0.4, 0.5) is 0 Å². The zero-order valence-electron chi connectivity index (χ0n) is 11.2. The van der Waals surface area contributed by atoms with Crippen LogP contribution in [0, 0.1) is 6.92 Å². The minimum absolute atomic E-state index is 0.140. The van der Waals surface area contributed by atoms with Gasteiger partial charge in [-0.05, 0) is 19.9 Å². The van der Waals surface area contributed by atoms with Gasteiger partial charge in [0.05, 0.1) is 5.54 Å². The first-order chi connectivity index (χ1) is 8.37. The molecular formula is C11H20N4O2S. The number of carbonyl (C=O) groups is 1. The van der Waals surface area contributed by atoms with Crippen LogP contribution in [-0.2, 0) is 4.79 Å². The van der Waals surface area contributed by atoms with E-state index >= 15 is 0 Å². The van der Waals surface area contributed by atoms with Crippen molar-refractivity contribution in [1.82, 2.24) is 15.5 Å². The molecule has 0 radical (unpaired) electrons. The van der Waals surface area contributed by atoms with Gasteiger partial charge in [-0.25, -0.2) is 0 Å². The van der Waals surface area contributed by atoms with Crippen LogP contribution in [0.5, 0.6) is 0 Å². The highest BCUT2D eigenvalue weighted by Crippen LogP contribution is 2.27. The lowest BCUT2D eigenvalue weighted by Gasteiger charge is -2.29. The summed E-state index contributed by atoms with van der Waals surface area (Å²) < 4.78 is 5.29. The highest BCUT2D eigenvalue weighted by atomic mass is 32.2. The van der Waals surface area contributed by atoms with E-state index in [0.717, 1.165) is 0 Å². The Labute approximate surface area is 111 Å². The molecule has 0 saturated heterocycles. The first-order valence-electron chi connectivity index (χ1n) is 5.89. The number of amides is 1. The molecule has 0 aliphatic heterocycles. The molecule has 18 heavy (non-hydrogen) atoms. The third-order valence-corrected chi connectivity index (χ3v) is 3.55. The lowest BCUT2D eigenvalue weighted by atomic mass is 9.95. The molecule has 0 aliphatic rings. The van der Waals surface area contributed by atoms with Gasteiger partial charge in [0.1, 0.15) is 0 Å². The Balaban J connectivity index is 2.61. The molecule has 0 spiro atoms. The van der Waals surface area contributed by atoms with Gasteiger partial charge in [-0.3, -0.25) is 4.79 Å². The number of carbonyl (C=O) groups excluding carboxylic acids is 1. The fraction of sp³-hybridized carbons (Fsp3) is 0.727. The van der Waals surface area contributed by atoms with Crippen molar-refractivity contribution in [3.63, 3.8) is 0 Å². The molecule has 1 rings (SSSR count). The standard InChI is InChI=1S/C11H20N4O2S/c1-5-13-11(4,9(12)16)6-7(2)18-10-15-14-8(3)17-10/h7,13H,5-6H2,1-4H3,(H2,12,16). The van der Waals surface area contributed by atoms with E-state index in [1.807, 2.05) is 20.8 Å². The van der Waals surface area contributed by atoms with Gasteiger partial charge in [0.25, 0.3) is 5.22 Å². The summed E-state index contributed by atoms with van der Waals surface area (Å²) in [5, 5.41) is 11.5. The van der Waals surface area contributed by atoms with Crippen molar-refractivity contribution >= 4 is 17.7 Å². The molecule has 6 nitrogen and oxygen atoms in total. The molecular weight excluding hydrogens is 252 g/mol. The number of hydrogen-bond acceptors (Lipinski definition) is 6. The van der Waals surface area contributed by atoms with Crippen LogP contribution < -0.4 is 11.1 Å². The second-order valence-electron chi connectivity index (χ2n) is 4.45. The van der Waals surface area contributed by atoms with Crippen LogP contribution in [0.15, 0.2) is 9.64 Å². The third kappa shape index (κ3) is 3.99. The number of primary amides is 1. The third-order valence-electron chi connectivity index (χ3n) is 2.62. The number of hydrogen-bond donors (Lipinski definition) is 2. The van der Waals surface area contributed by atoms with E-state index in [-0.39, 0.29) is 11.2 Å². The van der Waals surface area contributed by atoms with Crippen molar-refractivity contribution in [3.05, 3.63) is 5.89 Å². The lowest BCUT2D eigenvalue weighted by Crippen LogP contribution is -2.54. The van der Waals surface area contributed by atoms with E-state index in [9.17, 15) is 4.79 Å². The largest absolute Gasteiger partial charge is 0.416 e. The number of nitrogens with one attached hydrogen (secondary N) is 1. The van der Waals surface area contributed by atoms with Crippen molar-refractivity contribution in [2.45, 2.75) is 50.1 Å². The van der Waals surface area contributed by atoms with Crippen molar-refractivity contribution in [2.75, 3.05) is 6.54 Å². The van der Waals surface area contributed by atoms with Gasteiger partial charge in [0.15, 0.2) is 0 Å². The number of nitrogens with zero attached hydrogens (tertiary/aromatic N) is 2. The first-order valence-corrected chi connectivity index (χ1v) is 6.77. The Bertz CT molecular complexity index is 410. The molecule has 2 unspecified atom stereocenters. The van der Waals surface area contributed by atoms with Crippen LogP contribution in [0.1, 0.15) is 33.1 Å². The van der Waals surface area contributed by atoms with Gasteiger partial charge in [0, 0.05) is 12.2 Å². The predicted molar refractivity (Wildman–Crippen MR) is 70.2 cm³/mol. The maximum Gasteiger partial charge on any atom is 0.276 e. The van der Waals surface area contributed by atoms with E-state index in [1.54, 1.807) is 6.92 Å². The smallest absolute Gasteiger partial charge is 0.276 e. The van der Waals surface area contributed by atoms with Crippen LogP contribution in [0.3, 0.4) is 0 Å². The van der Waals surface area contributed by atoms with Crippen molar-refractivity contribution < 1.29 is 9.21 Å². The highest BCUT2D eigenvalue weighted by molar-refractivity contribution is 7.99. The fourth-order valence-electron chi connectivity index (χ4n) is 1.76. The molecule has 3 N–H and O–H groups in total. The normalized spacial score (nSPS) is 16.2. The number of thioether (sulfide) groups is 1. The van der Waals surface area contributed by atoms with E-state index in [0.29, 0.717) is 24.1 Å². The summed E-state index contributed by atoms with van der Waals surface area (Å²) in [5.41, 5.74) is 4.73. The van der Waals surface area contributed by atoms with Crippen LogP contribution >= 0.6 is 11.8 Å². The molecule has 1 aromatic rings. The van der Waals surface area contributed by atoms with Crippen LogP contribution in [-0.4, -0.2) is 33.4 Å². The fourth-order valence-corrected chi connectivity index (χ4v) is 2.78. The summed E-state index contributed by atoms with van der Waals surface area (Å²) in [6.07, 6.45) is 0.599. The number of nitrogens with two attached hydrogens (primary N) is 1. The maximum absolute atomic E-state index is 11.5. The van der Waals surface area contributed by atoms with Crippen molar-refractivity contribution in [3.8, 4) is 0 Å². The summed E-state index contributed by atoms with van der Waals surface area (Å²) in [5.74, 6) is 0.188. The predicted octanol–water partition coefficient (Wildman–Crippen LogP) is 1.10. The Hall–Kier alpha value is -1.08. The molecule has 0 fully saturated rings. The minimum Gasteiger partial charge on any atom is -0.416 e. The Kier molecular flexibility index (Phi) is 5.15. The molecule has 0 bridgehead atoms. The van der Waals surface area contributed by atoms with Gasteiger partial charge >= 0.3 is 0 Å². The van der Waals surface area contributed by atoms with Crippen LogP contribution in [0.25, 0.3) is 0 Å². The molecule has 7 heteroatoms. The van der Waals surface area contributed by atoms with Crippen molar-refractivity contribution in [2.24, 2.45) is 5.73 Å². The van der Waals surface area contributed by atoms with E-state index in [1.165, 1.54) is 11.8 Å². The van der Waals surface area contributed by atoms with Gasteiger partial charge < -0.3 is 15.5 Å². The molecule has 1 aromatic heterocycles. The van der Waals surface area contributed by atoms with Gasteiger partial charge in [0.2, 0.25) is 11.8 Å². The molecule has 1 heterocycles. The number of likely N-dealkylation sites (N-methyl/N-ethyl adjacent to an activating group) is 1. The lowest BCUT2D eigenvalue weighted by molar-refractivity contribution is -0.124. The maximum atomic E-state index is 11.5.